The van der Waals surface area contributed by atoms with Crippen molar-refractivity contribution in [1.82, 2.24) is 10.2 Å². The van der Waals surface area contributed by atoms with Crippen molar-refractivity contribution in [2.45, 2.75) is 31.8 Å². The van der Waals surface area contributed by atoms with Crippen molar-refractivity contribution in [1.29, 1.82) is 0 Å². The number of carbonyl (C=O) groups excluding carboxylic acids is 1. The Hall–Kier alpha value is -1.10. The lowest BCUT2D eigenvalue weighted by Gasteiger charge is -2.34. The molecular weight excluding hydrogens is 274 g/mol. The lowest BCUT2D eigenvalue weighted by molar-refractivity contribution is -0.123. The van der Waals surface area contributed by atoms with E-state index in [1.54, 1.807) is 0 Å². The number of piperidine rings is 1. The van der Waals surface area contributed by atoms with Crippen LogP contribution in [-0.2, 0) is 11.3 Å². The number of amides is 1. The zero-order valence-electron chi connectivity index (χ0n) is 11.8. The van der Waals surface area contributed by atoms with Crippen molar-refractivity contribution in [3.05, 3.63) is 35.9 Å². The predicted molar refractivity (Wildman–Crippen MR) is 83.8 cm³/mol. The summed E-state index contributed by atoms with van der Waals surface area (Å²) in [6, 6.07) is 10.3. The normalized spacial score (nSPS) is 19.1. The van der Waals surface area contributed by atoms with Crippen LogP contribution in [-0.4, -0.2) is 36.5 Å². The minimum Gasteiger partial charge on any atom is -0.351 e. The highest BCUT2D eigenvalue weighted by Gasteiger charge is 2.22. The minimum absolute atomic E-state index is 0. The lowest BCUT2D eigenvalue weighted by atomic mass is 10.0. The van der Waals surface area contributed by atoms with Crippen molar-refractivity contribution in [3.63, 3.8) is 0 Å². The summed E-state index contributed by atoms with van der Waals surface area (Å²) in [5.41, 5.74) is 6.89. The molecule has 1 aromatic carbocycles. The first-order valence-corrected chi connectivity index (χ1v) is 7.04. The Kier molecular flexibility index (Phi) is 7.59. The molecule has 1 aromatic rings. The Balaban J connectivity index is 0.00000200. The third kappa shape index (κ3) is 5.12. The lowest BCUT2D eigenvalue weighted by Crippen LogP contribution is -2.48. The second-order valence-corrected chi connectivity index (χ2v) is 5.12. The largest absolute Gasteiger partial charge is 0.351 e. The van der Waals surface area contributed by atoms with Gasteiger partial charge >= 0.3 is 0 Å². The second kappa shape index (κ2) is 8.95. The van der Waals surface area contributed by atoms with Crippen LogP contribution in [0, 0.1) is 0 Å². The highest BCUT2D eigenvalue weighted by Crippen LogP contribution is 2.15. The molecule has 1 aliphatic heterocycles. The van der Waals surface area contributed by atoms with Crippen LogP contribution in [0.25, 0.3) is 0 Å². The molecule has 5 heteroatoms. The van der Waals surface area contributed by atoms with E-state index < -0.39 is 0 Å². The van der Waals surface area contributed by atoms with E-state index in [0.717, 1.165) is 18.5 Å². The van der Waals surface area contributed by atoms with Gasteiger partial charge in [0, 0.05) is 19.1 Å². The number of carbonyl (C=O) groups is 1. The molecule has 3 N–H and O–H groups in total. The van der Waals surface area contributed by atoms with Crippen LogP contribution in [0.3, 0.4) is 0 Å². The zero-order chi connectivity index (χ0) is 13.5. The summed E-state index contributed by atoms with van der Waals surface area (Å²) in [6.07, 6.45) is 3.51. The Labute approximate surface area is 127 Å². The average Bonchev–Trinajstić information content (AvgIpc) is 2.47. The van der Waals surface area contributed by atoms with E-state index in [1.165, 1.54) is 12.8 Å². The molecule has 2 rings (SSSR count). The summed E-state index contributed by atoms with van der Waals surface area (Å²) in [5, 5.41) is 2.97. The fourth-order valence-electron chi connectivity index (χ4n) is 2.57. The number of likely N-dealkylation sites (tertiary alicyclic amines) is 1. The standard InChI is InChI=1S/C15H23N3O.ClH/c16-10-14-8-4-5-9-18(14)12-15(19)17-11-13-6-2-1-3-7-13;/h1-3,6-7,14H,4-5,8-12,16H2,(H,17,19);1H. The number of hydrogen-bond donors (Lipinski definition) is 2. The molecule has 4 nitrogen and oxygen atoms in total. The van der Waals surface area contributed by atoms with Crippen LogP contribution in [0.5, 0.6) is 0 Å². The van der Waals surface area contributed by atoms with Gasteiger partial charge in [0.05, 0.1) is 6.54 Å². The van der Waals surface area contributed by atoms with Crippen LogP contribution in [0.4, 0.5) is 0 Å². The van der Waals surface area contributed by atoms with E-state index in [0.29, 0.717) is 25.7 Å². The number of nitrogens with zero attached hydrogens (tertiary/aromatic N) is 1. The van der Waals surface area contributed by atoms with Crippen LogP contribution in [0.2, 0.25) is 0 Å². The van der Waals surface area contributed by atoms with E-state index in [2.05, 4.69) is 10.2 Å². The van der Waals surface area contributed by atoms with Crippen molar-refractivity contribution < 1.29 is 4.79 Å². The molecule has 20 heavy (non-hydrogen) atoms. The first-order chi connectivity index (χ1) is 9.29. The summed E-state index contributed by atoms with van der Waals surface area (Å²) >= 11 is 0. The smallest absolute Gasteiger partial charge is 0.234 e. The van der Waals surface area contributed by atoms with Gasteiger partial charge in [-0.3, -0.25) is 9.69 Å². The van der Waals surface area contributed by atoms with E-state index >= 15 is 0 Å². The molecule has 1 atom stereocenters. The third-order valence-corrected chi connectivity index (χ3v) is 3.70. The molecule has 1 fully saturated rings. The van der Waals surface area contributed by atoms with Gasteiger partial charge in [-0.05, 0) is 24.9 Å². The van der Waals surface area contributed by atoms with Gasteiger partial charge in [-0.15, -0.1) is 12.4 Å². The van der Waals surface area contributed by atoms with Crippen LogP contribution < -0.4 is 11.1 Å². The number of hydrogen-bond acceptors (Lipinski definition) is 3. The van der Waals surface area contributed by atoms with Gasteiger partial charge in [0.2, 0.25) is 5.91 Å². The van der Waals surface area contributed by atoms with Gasteiger partial charge in [-0.1, -0.05) is 36.8 Å². The van der Waals surface area contributed by atoms with E-state index in [9.17, 15) is 4.79 Å². The highest BCUT2D eigenvalue weighted by atomic mass is 35.5. The summed E-state index contributed by atoms with van der Waals surface area (Å²) in [5.74, 6) is 0.0872. The van der Waals surface area contributed by atoms with Crippen molar-refractivity contribution in [3.8, 4) is 0 Å². The maximum atomic E-state index is 12.0. The third-order valence-electron chi connectivity index (χ3n) is 3.70. The Bertz CT molecular complexity index is 399. The fourth-order valence-corrected chi connectivity index (χ4v) is 2.57. The van der Waals surface area contributed by atoms with Crippen molar-refractivity contribution >= 4 is 18.3 Å². The molecule has 1 saturated heterocycles. The Morgan fingerprint density at radius 2 is 2.05 bits per heavy atom. The number of halogens is 1. The van der Waals surface area contributed by atoms with E-state index in [-0.39, 0.29) is 18.3 Å². The fraction of sp³-hybridized carbons (Fsp3) is 0.533. The summed E-state index contributed by atoms with van der Waals surface area (Å²) < 4.78 is 0. The first-order valence-electron chi connectivity index (χ1n) is 7.04. The number of benzene rings is 1. The molecule has 0 radical (unpaired) electrons. The quantitative estimate of drug-likeness (QED) is 0.867. The van der Waals surface area contributed by atoms with Gasteiger partial charge in [0.15, 0.2) is 0 Å². The van der Waals surface area contributed by atoms with Gasteiger partial charge in [0.1, 0.15) is 0 Å². The van der Waals surface area contributed by atoms with Gasteiger partial charge in [0.25, 0.3) is 0 Å². The zero-order valence-corrected chi connectivity index (χ0v) is 12.6. The van der Waals surface area contributed by atoms with Crippen molar-refractivity contribution in [2.75, 3.05) is 19.6 Å². The molecule has 1 amide bonds. The molecule has 0 saturated carbocycles. The summed E-state index contributed by atoms with van der Waals surface area (Å²) in [6.45, 7) is 2.70. The maximum absolute atomic E-state index is 12.0. The van der Waals surface area contributed by atoms with Crippen LogP contribution >= 0.6 is 12.4 Å². The SMILES string of the molecule is Cl.NCC1CCCCN1CC(=O)NCc1ccccc1. The number of nitrogens with two attached hydrogens (primary N) is 1. The molecule has 1 unspecified atom stereocenters. The van der Waals surface area contributed by atoms with Crippen LogP contribution in [0.15, 0.2) is 30.3 Å². The van der Waals surface area contributed by atoms with Crippen LogP contribution in [0.1, 0.15) is 24.8 Å². The van der Waals surface area contributed by atoms with Gasteiger partial charge < -0.3 is 11.1 Å². The average molecular weight is 298 g/mol. The molecule has 1 heterocycles. The molecule has 112 valence electrons. The van der Waals surface area contributed by atoms with Gasteiger partial charge in [-0.25, -0.2) is 0 Å². The molecule has 0 aliphatic carbocycles. The molecule has 0 bridgehead atoms. The number of nitrogens with one attached hydrogen (secondary N) is 1. The topological polar surface area (TPSA) is 58.4 Å². The molecule has 0 spiro atoms. The molecular formula is C15H24ClN3O. The number of rotatable bonds is 5. The predicted octanol–water partition coefficient (Wildman–Crippen LogP) is 1.54. The Morgan fingerprint density at radius 3 is 2.75 bits per heavy atom. The highest BCUT2D eigenvalue weighted by molar-refractivity contribution is 5.85. The van der Waals surface area contributed by atoms with E-state index in [1.807, 2.05) is 30.3 Å². The van der Waals surface area contributed by atoms with E-state index in [4.69, 9.17) is 5.73 Å². The maximum Gasteiger partial charge on any atom is 0.234 e. The minimum atomic E-state index is 0. The summed E-state index contributed by atoms with van der Waals surface area (Å²) in [7, 11) is 0. The molecule has 0 aromatic heterocycles. The molecule has 1 aliphatic rings. The monoisotopic (exact) mass is 297 g/mol. The van der Waals surface area contributed by atoms with Gasteiger partial charge in [-0.2, -0.15) is 0 Å². The summed E-state index contributed by atoms with van der Waals surface area (Å²) in [4.78, 5) is 14.2. The first kappa shape index (κ1) is 17.0. The Morgan fingerprint density at radius 1 is 1.30 bits per heavy atom. The second-order valence-electron chi connectivity index (χ2n) is 5.12. The van der Waals surface area contributed by atoms with Crippen molar-refractivity contribution in [2.24, 2.45) is 5.73 Å².